The van der Waals surface area contributed by atoms with Gasteiger partial charge in [0, 0.05) is 17.8 Å². The summed E-state index contributed by atoms with van der Waals surface area (Å²) >= 11 is 0. The van der Waals surface area contributed by atoms with Crippen LogP contribution in [-0.4, -0.2) is 33.0 Å². The third-order valence-corrected chi connectivity index (χ3v) is 3.89. The second-order valence-corrected chi connectivity index (χ2v) is 6.50. The topological polar surface area (TPSA) is 55.0 Å². The van der Waals surface area contributed by atoms with Crippen molar-refractivity contribution in [1.29, 1.82) is 0 Å². The van der Waals surface area contributed by atoms with Crippen LogP contribution in [0.25, 0.3) is 0 Å². The Morgan fingerprint density at radius 1 is 1.32 bits per heavy atom. The fourth-order valence-corrected chi connectivity index (χ4v) is 2.96. The molecule has 2 atom stereocenters. The molecule has 1 saturated heterocycles. The minimum Gasteiger partial charge on any atom is -0.326 e. The monoisotopic (exact) mass is 262 g/mol. The van der Waals surface area contributed by atoms with Crippen molar-refractivity contribution in [2.75, 3.05) is 6.54 Å². The van der Waals surface area contributed by atoms with Gasteiger partial charge >= 0.3 is 0 Å². The molecule has 19 heavy (non-hydrogen) atoms. The van der Waals surface area contributed by atoms with E-state index < -0.39 is 0 Å². The summed E-state index contributed by atoms with van der Waals surface area (Å²) in [5.74, 6) is 0.822. The van der Waals surface area contributed by atoms with E-state index in [-0.39, 0.29) is 17.6 Å². The number of nitrogens with zero attached hydrogens (tertiary/aromatic N) is 3. The van der Waals surface area contributed by atoms with E-state index in [2.05, 4.69) is 35.6 Å². The van der Waals surface area contributed by atoms with Crippen molar-refractivity contribution in [3.8, 4) is 0 Å². The van der Waals surface area contributed by atoms with Crippen molar-refractivity contribution < 1.29 is 0 Å². The highest BCUT2D eigenvalue weighted by molar-refractivity contribution is 5.12. The van der Waals surface area contributed by atoms with Crippen LogP contribution in [0.1, 0.15) is 57.6 Å². The van der Waals surface area contributed by atoms with E-state index in [9.17, 15) is 0 Å². The first-order valence-corrected chi connectivity index (χ1v) is 7.21. The van der Waals surface area contributed by atoms with E-state index in [4.69, 9.17) is 5.73 Å². The standard InChI is InChI=1S/C15H26N4/c1-11-17-9-8-13(18-11)14-12(16)7-5-6-10-19(14)15(2,3)4/h8-9,12,14H,5-7,10,16H2,1-4H3. The molecule has 0 aliphatic carbocycles. The average molecular weight is 262 g/mol. The molecule has 4 nitrogen and oxygen atoms in total. The van der Waals surface area contributed by atoms with Gasteiger partial charge in [0.05, 0.1) is 11.7 Å². The number of likely N-dealkylation sites (tertiary alicyclic amines) is 1. The van der Waals surface area contributed by atoms with Crippen LogP contribution in [0.3, 0.4) is 0 Å². The van der Waals surface area contributed by atoms with Gasteiger partial charge in [0.1, 0.15) is 5.82 Å². The molecule has 0 spiro atoms. The van der Waals surface area contributed by atoms with E-state index >= 15 is 0 Å². The second-order valence-electron chi connectivity index (χ2n) is 6.50. The molecule has 2 rings (SSSR count). The predicted molar refractivity (Wildman–Crippen MR) is 77.8 cm³/mol. The van der Waals surface area contributed by atoms with Gasteiger partial charge in [-0.25, -0.2) is 9.97 Å². The van der Waals surface area contributed by atoms with Crippen LogP contribution < -0.4 is 5.73 Å². The Bertz CT molecular complexity index is 424. The number of hydrogen-bond acceptors (Lipinski definition) is 4. The number of aryl methyl sites for hydroxylation is 1. The zero-order valence-corrected chi connectivity index (χ0v) is 12.6. The van der Waals surface area contributed by atoms with Crippen molar-refractivity contribution in [2.24, 2.45) is 5.73 Å². The molecule has 1 aliphatic rings. The SMILES string of the molecule is Cc1nccc(C2C(N)CCCCN2C(C)(C)C)n1. The molecule has 0 amide bonds. The lowest BCUT2D eigenvalue weighted by Crippen LogP contribution is -2.49. The van der Waals surface area contributed by atoms with E-state index in [1.165, 1.54) is 12.8 Å². The number of hydrogen-bond donors (Lipinski definition) is 1. The van der Waals surface area contributed by atoms with Crippen LogP contribution in [0.2, 0.25) is 0 Å². The van der Waals surface area contributed by atoms with Gasteiger partial charge in [0.2, 0.25) is 0 Å². The van der Waals surface area contributed by atoms with Gasteiger partial charge < -0.3 is 5.73 Å². The molecule has 0 bridgehead atoms. The van der Waals surface area contributed by atoms with E-state index in [1.54, 1.807) is 0 Å². The average Bonchev–Trinajstić information content (AvgIpc) is 2.50. The molecule has 1 fully saturated rings. The molecule has 4 heteroatoms. The van der Waals surface area contributed by atoms with Crippen molar-refractivity contribution in [3.05, 3.63) is 23.8 Å². The highest BCUT2D eigenvalue weighted by Crippen LogP contribution is 2.33. The zero-order chi connectivity index (χ0) is 14.0. The molecule has 1 aromatic heterocycles. The van der Waals surface area contributed by atoms with Crippen LogP contribution in [0.15, 0.2) is 12.3 Å². The normalized spacial score (nSPS) is 26.2. The fraction of sp³-hybridized carbons (Fsp3) is 0.733. The van der Waals surface area contributed by atoms with Crippen molar-refractivity contribution in [2.45, 2.75) is 64.6 Å². The highest BCUT2D eigenvalue weighted by Gasteiger charge is 2.35. The molecule has 1 aromatic rings. The Balaban J connectivity index is 2.40. The summed E-state index contributed by atoms with van der Waals surface area (Å²) < 4.78 is 0. The zero-order valence-electron chi connectivity index (χ0n) is 12.6. The lowest BCUT2D eigenvalue weighted by molar-refractivity contribution is 0.0731. The first kappa shape index (κ1) is 14.4. The molecule has 0 radical (unpaired) electrons. The third-order valence-electron chi connectivity index (χ3n) is 3.89. The summed E-state index contributed by atoms with van der Waals surface area (Å²) in [4.78, 5) is 11.3. The summed E-state index contributed by atoms with van der Waals surface area (Å²) in [6.45, 7) is 9.79. The lowest BCUT2D eigenvalue weighted by atomic mass is 9.95. The Hall–Kier alpha value is -1.00. The summed E-state index contributed by atoms with van der Waals surface area (Å²) in [5.41, 5.74) is 7.62. The molecule has 2 unspecified atom stereocenters. The Labute approximate surface area is 116 Å². The molecule has 2 N–H and O–H groups in total. The minimum absolute atomic E-state index is 0.103. The van der Waals surface area contributed by atoms with Gasteiger partial charge in [-0.3, -0.25) is 4.90 Å². The molecule has 2 heterocycles. The maximum atomic E-state index is 6.45. The van der Waals surface area contributed by atoms with Crippen LogP contribution >= 0.6 is 0 Å². The smallest absolute Gasteiger partial charge is 0.125 e. The predicted octanol–water partition coefficient (Wildman–Crippen LogP) is 2.44. The summed E-state index contributed by atoms with van der Waals surface area (Å²) in [6, 6.07) is 2.36. The molecular weight excluding hydrogens is 236 g/mol. The maximum absolute atomic E-state index is 6.45. The van der Waals surface area contributed by atoms with Crippen molar-refractivity contribution in [1.82, 2.24) is 14.9 Å². The van der Waals surface area contributed by atoms with Gasteiger partial charge in [0.25, 0.3) is 0 Å². The summed E-state index contributed by atoms with van der Waals surface area (Å²) in [5, 5.41) is 0. The largest absolute Gasteiger partial charge is 0.326 e. The molecule has 0 aromatic carbocycles. The van der Waals surface area contributed by atoms with E-state index in [0.29, 0.717) is 0 Å². The van der Waals surface area contributed by atoms with Crippen molar-refractivity contribution in [3.63, 3.8) is 0 Å². The van der Waals surface area contributed by atoms with Crippen LogP contribution in [0, 0.1) is 6.92 Å². The summed E-state index contributed by atoms with van der Waals surface area (Å²) in [7, 11) is 0. The second kappa shape index (κ2) is 5.55. The maximum Gasteiger partial charge on any atom is 0.125 e. The van der Waals surface area contributed by atoms with Crippen LogP contribution in [-0.2, 0) is 0 Å². The Morgan fingerprint density at radius 3 is 2.68 bits per heavy atom. The van der Waals surface area contributed by atoms with Crippen LogP contribution in [0.5, 0.6) is 0 Å². The van der Waals surface area contributed by atoms with Gasteiger partial charge in [-0.15, -0.1) is 0 Å². The van der Waals surface area contributed by atoms with Gasteiger partial charge in [0.15, 0.2) is 0 Å². The molecular formula is C15H26N4. The molecule has 106 valence electrons. The number of nitrogens with two attached hydrogens (primary N) is 1. The minimum atomic E-state index is 0.103. The summed E-state index contributed by atoms with van der Waals surface area (Å²) in [6.07, 6.45) is 5.33. The first-order valence-electron chi connectivity index (χ1n) is 7.21. The third kappa shape index (κ3) is 3.31. The lowest BCUT2D eigenvalue weighted by Gasteiger charge is -2.42. The van der Waals surface area contributed by atoms with Gasteiger partial charge in [-0.05, 0) is 53.1 Å². The van der Waals surface area contributed by atoms with E-state index in [1.807, 2.05) is 19.2 Å². The Morgan fingerprint density at radius 2 is 2.05 bits per heavy atom. The van der Waals surface area contributed by atoms with Gasteiger partial charge in [-0.1, -0.05) is 6.42 Å². The van der Waals surface area contributed by atoms with E-state index in [0.717, 1.165) is 24.5 Å². The fourth-order valence-electron chi connectivity index (χ4n) is 2.96. The van der Waals surface area contributed by atoms with Crippen LogP contribution in [0.4, 0.5) is 0 Å². The van der Waals surface area contributed by atoms with Gasteiger partial charge in [-0.2, -0.15) is 0 Å². The number of aromatic nitrogens is 2. The number of rotatable bonds is 1. The van der Waals surface area contributed by atoms with Crippen molar-refractivity contribution >= 4 is 0 Å². The Kier molecular flexibility index (Phi) is 4.21. The molecule has 1 aliphatic heterocycles. The first-order chi connectivity index (χ1) is 8.89. The molecule has 0 saturated carbocycles. The highest BCUT2D eigenvalue weighted by atomic mass is 15.2. The quantitative estimate of drug-likeness (QED) is 0.844.